The van der Waals surface area contributed by atoms with Crippen LogP contribution in [0.4, 0.5) is 0 Å². The van der Waals surface area contributed by atoms with E-state index in [1.165, 1.54) is 0 Å². The summed E-state index contributed by atoms with van der Waals surface area (Å²) in [5.74, 6) is 1.54. The van der Waals surface area contributed by atoms with E-state index in [9.17, 15) is 5.11 Å². The average Bonchev–Trinajstić information content (AvgIpc) is 3.17. The fourth-order valence-electron chi connectivity index (χ4n) is 2.54. The Morgan fingerprint density at radius 3 is 3.15 bits per heavy atom. The number of aromatic nitrogens is 3. The van der Waals surface area contributed by atoms with Gasteiger partial charge < -0.3 is 9.63 Å². The Morgan fingerprint density at radius 2 is 2.45 bits per heavy atom. The molecule has 0 saturated carbocycles. The van der Waals surface area contributed by atoms with Crippen LogP contribution in [0.5, 0.6) is 0 Å². The summed E-state index contributed by atoms with van der Waals surface area (Å²) in [5, 5.41) is 13.2. The number of likely N-dealkylation sites (tertiary alicyclic amines) is 1. The van der Waals surface area contributed by atoms with Crippen LogP contribution >= 0.6 is 0 Å². The van der Waals surface area contributed by atoms with E-state index in [0.29, 0.717) is 17.6 Å². The molecule has 6 nitrogen and oxygen atoms in total. The van der Waals surface area contributed by atoms with E-state index in [1.807, 2.05) is 12.1 Å². The molecule has 3 heterocycles. The Hall–Kier alpha value is -1.79. The molecule has 2 atom stereocenters. The molecule has 2 aromatic heterocycles. The van der Waals surface area contributed by atoms with Gasteiger partial charge in [-0.15, -0.1) is 0 Å². The molecule has 0 radical (unpaired) electrons. The number of hydrogen-bond donors (Lipinski definition) is 1. The monoisotopic (exact) mass is 274 g/mol. The maximum atomic E-state index is 9.20. The predicted octanol–water partition coefficient (Wildman–Crippen LogP) is 1.51. The van der Waals surface area contributed by atoms with Crippen molar-refractivity contribution in [2.75, 3.05) is 19.7 Å². The Bertz CT molecular complexity index is 557. The van der Waals surface area contributed by atoms with Gasteiger partial charge in [-0.05, 0) is 37.9 Å². The topological polar surface area (TPSA) is 75.3 Å². The second-order valence-electron chi connectivity index (χ2n) is 5.21. The SMILES string of the molecule is CC(c1nc(-c2cccnc2)no1)N1CCC(CO)C1. The second kappa shape index (κ2) is 5.68. The van der Waals surface area contributed by atoms with E-state index in [-0.39, 0.29) is 12.6 Å². The van der Waals surface area contributed by atoms with Gasteiger partial charge in [-0.25, -0.2) is 0 Å². The average molecular weight is 274 g/mol. The summed E-state index contributed by atoms with van der Waals surface area (Å²) in [5.41, 5.74) is 0.851. The van der Waals surface area contributed by atoms with Crippen LogP contribution in [0.15, 0.2) is 29.0 Å². The van der Waals surface area contributed by atoms with Gasteiger partial charge in [-0.3, -0.25) is 9.88 Å². The molecule has 0 amide bonds. The number of aliphatic hydroxyl groups excluding tert-OH is 1. The van der Waals surface area contributed by atoms with Gasteiger partial charge in [0.15, 0.2) is 0 Å². The summed E-state index contributed by atoms with van der Waals surface area (Å²) in [4.78, 5) is 10.8. The summed E-state index contributed by atoms with van der Waals surface area (Å²) in [6, 6.07) is 3.83. The van der Waals surface area contributed by atoms with Gasteiger partial charge in [-0.2, -0.15) is 4.98 Å². The standard InChI is InChI=1S/C14H18N4O2/c1-10(18-6-4-11(8-18)9-19)14-16-13(17-20-14)12-3-2-5-15-7-12/h2-3,5,7,10-11,19H,4,6,8-9H2,1H3. The van der Waals surface area contributed by atoms with Crippen LogP contribution in [-0.4, -0.2) is 44.8 Å². The second-order valence-corrected chi connectivity index (χ2v) is 5.21. The van der Waals surface area contributed by atoms with Gasteiger partial charge >= 0.3 is 0 Å². The molecule has 106 valence electrons. The van der Waals surface area contributed by atoms with E-state index in [2.05, 4.69) is 26.9 Å². The lowest BCUT2D eigenvalue weighted by Gasteiger charge is -2.20. The van der Waals surface area contributed by atoms with E-state index >= 15 is 0 Å². The summed E-state index contributed by atoms with van der Waals surface area (Å²) >= 11 is 0. The molecule has 0 aromatic carbocycles. The third-order valence-electron chi connectivity index (χ3n) is 3.84. The van der Waals surface area contributed by atoms with Gasteiger partial charge in [0.1, 0.15) is 0 Å². The normalized spacial score (nSPS) is 21.2. The zero-order valence-corrected chi connectivity index (χ0v) is 11.4. The van der Waals surface area contributed by atoms with Crippen molar-refractivity contribution in [2.24, 2.45) is 5.92 Å². The summed E-state index contributed by atoms with van der Waals surface area (Å²) in [7, 11) is 0. The molecule has 6 heteroatoms. The first-order valence-corrected chi connectivity index (χ1v) is 6.87. The van der Waals surface area contributed by atoms with Crippen molar-refractivity contribution in [1.82, 2.24) is 20.0 Å². The number of rotatable bonds is 4. The van der Waals surface area contributed by atoms with E-state index < -0.39 is 0 Å². The van der Waals surface area contributed by atoms with Crippen molar-refractivity contribution in [3.63, 3.8) is 0 Å². The number of pyridine rings is 1. The Morgan fingerprint density at radius 1 is 1.55 bits per heavy atom. The van der Waals surface area contributed by atoms with Crippen LogP contribution < -0.4 is 0 Å². The first kappa shape index (κ1) is 13.2. The highest BCUT2D eigenvalue weighted by atomic mass is 16.5. The molecule has 0 aliphatic carbocycles. The van der Waals surface area contributed by atoms with Crippen LogP contribution in [-0.2, 0) is 0 Å². The van der Waals surface area contributed by atoms with Crippen LogP contribution in [0, 0.1) is 5.92 Å². The number of hydrogen-bond acceptors (Lipinski definition) is 6. The highest BCUT2D eigenvalue weighted by molar-refractivity contribution is 5.51. The minimum absolute atomic E-state index is 0.0736. The van der Waals surface area contributed by atoms with Crippen molar-refractivity contribution in [3.05, 3.63) is 30.4 Å². The third-order valence-corrected chi connectivity index (χ3v) is 3.84. The molecule has 1 N–H and O–H groups in total. The van der Waals surface area contributed by atoms with Crippen molar-refractivity contribution in [3.8, 4) is 11.4 Å². The minimum atomic E-state index is 0.0736. The van der Waals surface area contributed by atoms with Gasteiger partial charge in [0, 0.05) is 31.1 Å². The molecule has 1 aliphatic heterocycles. The highest BCUT2D eigenvalue weighted by Crippen LogP contribution is 2.27. The Balaban J connectivity index is 1.74. The lowest BCUT2D eigenvalue weighted by molar-refractivity contribution is 0.182. The first-order valence-electron chi connectivity index (χ1n) is 6.87. The van der Waals surface area contributed by atoms with E-state index in [1.54, 1.807) is 12.4 Å². The Labute approximate surface area is 117 Å². The Kier molecular flexibility index (Phi) is 3.75. The summed E-state index contributed by atoms with van der Waals surface area (Å²) in [6.07, 6.45) is 4.45. The lowest BCUT2D eigenvalue weighted by atomic mass is 10.1. The molecule has 1 aliphatic rings. The molecule has 0 spiro atoms. The number of aliphatic hydroxyl groups is 1. The largest absolute Gasteiger partial charge is 0.396 e. The van der Waals surface area contributed by atoms with Crippen LogP contribution in [0.2, 0.25) is 0 Å². The maximum absolute atomic E-state index is 9.20. The molecule has 1 saturated heterocycles. The quantitative estimate of drug-likeness (QED) is 0.910. The molecule has 1 fully saturated rings. The zero-order chi connectivity index (χ0) is 13.9. The molecular formula is C14H18N4O2. The van der Waals surface area contributed by atoms with Gasteiger partial charge in [0.2, 0.25) is 11.7 Å². The number of nitrogens with zero attached hydrogens (tertiary/aromatic N) is 4. The van der Waals surface area contributed by atoms with Crippen LogP contribution in [0.1, 0.15) is 25.3 Å². The van der Waals surface area contributed by atoms with Gasteiger partial charge in [-0.1, -0.05) is 5.16 Å². The molecular weight excluding hydrogens is 256 g/mol. The van der Waals surface area contributed by atoms with Gasteiger partial charge in [0.05, 0.1) is 6.04 Å². The van der Waals surface area contributed by atoms with Gasteiger partial charge in [0.25, 0.3) is 0 Å². The van der Waals surface area contributed by atoms with Crippen molar-refractivity contribution < 1.29 is 9.63 Å². The molecule has 3 rings (SSSR count). The highest BCUT2D eigenvalue weighted by Gasteiger charge is 2.29. The van der Waals surface area contributed by atoms with Crippen molar-refractivity contribution >= 4 is 0 Å². The molecule has 2 aromatic rings. The zero-order valence-electron chi connectivity index (χ0n) is 11.4. The maximum Gasteiger partial charge on any atom is 0.244 e. The summed E-state index contributed by atoms with van der Waals surface area (Å²) < 4.78 is 5.37. The fraction of sp³-hybridized carbons (Fsp3) is 0.500. The van der Waals surface area contributed by atoms with Crippen molar-refractivity contribution in [2.45, 2.75) is 19.4 Å². The van der Waals surface area contributed by atoms with Crippen LogP contribution in [0.25, 0.3) is 11.4 Å². The third kappa shape index (κ3) is 2.57. The lowest BCUT2D eigenvalue weighted by Crippen LogP contribution is -2.25. The molecule has 0 bridgehead atoms. The van der Waals surface area contributed by atoms with Crippen molar-refractivity contribution in [1.29, 1.82) is 0 Å². The van der Waals surface area contributed by atoms with E-state index in [0.717, 1.165) is 25.1 Å². The van der Waals surface area contributed by atoms with Crippen LogP contribution in [0.3, 0.4) is 0 Å². The molecule has 2 unspecified atom stereocenters. The fourth-order valence-corrected chi connectivity index (χ4v) is 2.54. The smallest absolute Gasteiger partial charge is 0.244 e. The summed E-state index contributed by atoms with van der Waals surface area (Å²) in [6.45, 7) is 4.13. The minimum Gasteiger partial charge on any atom is -0.396 e. The van der Waals surface area contributed by atoms with E-state index in [4.69, 9.17) is 4.52 Å². The first-order chi connectivity index (χ1) is 9.78. The molecule has 20 heavy (non-hydrogen) atoms. The predicted molar refractivity (Wildman–Crippen MR) is 72.7 cm³/mol.